The number of pyridine rings is 2. The van der Waals surface area contributed by atoms with Gasteiger partial charge in [-0.15, -0.1) is 0 Å². The van der Waals surface area contributed by atoms with Crippen molar-refractivity contribution < 1.29 is 14.3 Å². The van der Waals surface area contributed by atoms with Gasteiger partial charge in [0.05, 0.1) is 18.4 Å². The summed E-state index contributed by atoms with van der Waals surface area (Å²) in [6.45, 7) is 4.64. The first-order chi connectivity index (χ1) is 15.6. The third-order valence-electron chi connectivity index (χ3n) is 5.41. The zero-order valence-electron chi connectivity index (χ0n) is 18.3. The minimum atomic E-state index is -0.135. The third kappa shape index (κ3) is 5.38. The molecule has 166 valence electrons. The van der Waals surface area contributed by atoms with E-state index in [9.17, 15) is 4.79 Å². The molecular weight excluding hydrogens is 406 g/mol. The molecule has 8 nitrogen and oxygen atoms in total. The predicted octanol–water partition coefficient (Wildman–Crippen LogP) is 4.43. The van der Waals surface area contributed by atoms with Crippen LogP contribution in [0.25, 0.3) is 11.4 Å². The fourth-order valence-electron chi connectivity index (χ4n) is 3.85. The van der Waals surface area contributed by atoms with Crippen molar-refractivity contribution in [2.45, 2.75) is 45.6 Å². The highest BCUT2D eigenvalue weighted by Crippen LogP contribution is 2.30. The van der Waals surface area contributed by atoms with Gasteiger partial charge in [-0.05, 0) is 43.9 Å². The lowest BCUT2D eigenvalue weighted by Gasteiger charge is -2.27. The molecule has 2 atom stereocenters. The van der Waals surface area contributed by atoms with Crippen LogP contribution < -0.4 is 14.8 Å². The maximum absolute atomic E-state index is 12.6. The zero-order chi connectivity index (χ0) is 22.3. The highest BCUT2D eigenvalue weighted by Gasteiger charge is 2.21. The third-order valence-corrected chi connectivity index (χ3v) is 5.41. The summed E-state index contributed by atoms with van der Waals surface area (Å²) in [6.07, 6.45) is 12.4. The molecule has 0 aliphatic heterocycles. The average molecular weight is 434 g/mol. The number of ether oxygens (including phenoxy) is 2. The number of aromatic nitrogens is 4. The van der Waals surface area contributed by atoms with Gasteiger partial charge in [0.25, 0.3) is 11.8 Å². The van der Waals surface area contributed by atoms with E-state index in [-0.39, 0.29) is 11.9 Å². The molecule has 0 aromatic carbocycles. The van der Waals surface area contributed by atoms with Crippen LogP contribution in [0, 0.1) is 5.92 Å². The zero-order valence-corrected chi connectivity index (χ0v) is 18.3. The molecule has 1 N–H and O–H groups in total. The van der Waals surface area contributed by atoms with Gasteiger partial charge in [0, 0.05) is 36.4 Å². The molecule has 0 saturated heterocycles. The van der Waals surface area contributed by atoms with E-state index in [1.807, 2.05) is 6.92 Å². The molecule has 3 aromatic rings. The van der Waals surface area contributed by atoms with E-state index in [1.54, 1.807) is 49.2 Å². The van der Waals surface area contributed by atoms with Crippen LogP contribution in [0.1, 0.15) is 49.9 Å². The first kappa shape index (κ1) is 21.7. The lowest BCUT2D eigenvalue weighted by molar-refractivity contribution is 0.0920. The van der Waals surface area contributed by atoms with Gasteiger partial charge in [0.15, 0.2) is 11.6 Å². The van der Waals surface area contributed by atoms with Gasteiger partial charge in [-0.2, -0.15) is 0 Å². The molecule has 1 fully saturated rings. The van der Waals surface area contributed by atoms with E-state index in [0.717, 1.165) is 19.3 Å². The Labute approximate surface area is 187 Å². The van der Waals surface area contributed by atoms with Crippen LogP contribution in [0.5, 0.6) is 17.4 Å². The Hall–Kier alpha value is -3.55. The Bertz CT molecular complexity index is 1060. The molecule has 3 heterocycles. The first-order valence-corrected chi connectivity index (χ1v) is 11.0. The van der Waals surface area contributed by atoms with Crippen molar-refractivity contribution >= 4 is 5.91 Å². The molecule has 0 bridgehead atoms. The van der Waals surface area contributed by atoms with E-state index in [2.05, 4.69) is 32.2 Å². The molecule has 0 radical (unpaired) electrons. The molecule has 0 unspecified atom stereocenters. The maximum Gasteiger partial charge on any atom is 0.262 e. The van der Waals surface area contributed by atoms with E-state index in [1.165, 1.54) is 6.42 Å². The van der Waals surface area contributed by atoms with Gasteiger partial charge in [0.2, 0.25) is 0 Å². The van der Waals surface area contributed by atoms with Gasteiger partial charge in [0.1, 0.15) is 5.75 Å². The average Bonchev–Trinajstić information content (AvgIpc) is 2.81. The fourth-order valence-corrected chi connectivity index (χ4v) is 3.85. The summed E-state index contributed by atoms with van der Waals surface area (Å²) >= 11 is 0. The number of rotatable bonds is 7. The number of carbonyl (C=O) groups is 1. The van der Waals surface area contributed by atoms with E-state index >= 15 is 0 Å². The number of nitrogens with one attached hydrogen (secondary N) is 1. The normalized spacial score (nSPS) is 18.1. The highest BCUT2D eigenvalue weighted by molar-refractivity contribution is 5.93. The van der Waals surface area contributed by atoms with E-state index in [0.29, 0.717) is 46.9 Å². The molecule has 3 aromatic heterocycles. The summed E-state index contributed by atoms with van der Waals surface area (Å²) in [5.74, 6) is 2.36. The van der Waals surface area contributed by atoms with Crippen LogP contribution in [0.2, 0.25) is 0 Å². The number of nitrogens with zero attached hydrogens (tertiary/aromatic N) is 4. The summed E-state index contributed by atoms with van der Waals surface area (Å²) in [5.41, 5.74) is 1.12. The first-order valence-electron chi connectivity index (χ1n) is 11.0. The van der Waals surface area contributed by atoms with Crippen molar-refractivity contribution in [3.05, 3.63) is 54.7 Å². The second-order valence-electron chi connectivity index (χ2n) is 7.99. The molecular formula is C24H27N5O3. The molecule has 1 saturated carbocycles. The fraction of sp³-hybridized carbons (Fsp3) is 0.375. The van der Waals surface area contributed by atoms with Crippen LogP contribution in [-0.2, 0) is 0 Å². The van der Waals surface area contributed by atoms with Crippen molar-refractivity contribution in [3.8, 4) is 28.8 Å². The lowest BCUT2D eigenvalue weighted by Crippen LogP contribution is -2.38. The Morgan fingerprint density at radius 1 is 1.16 bits per heavy atom. The van der Waals surface area contributed by atoms with Crippen molar-refractivity contribution in [3.63, 3.8) is 0 Å². The quantitative estimate of drug-likeness (QED) is 0.588. The van der Waals surface area contributed by atoms with Crippen LogP contribution in [0.15, 0.2) is 49.2 Å². The highest BCUT2D eigenvalue weighted by atomic mass is 16.5. The van der Waals surface area contributed by atoms with Gasteiger partial charge in [-0.3, -0.25) is 9.78 Å². The standard InChI is InChI=1S/C24H27N5O3/c1-3-31-21-8-5-9-26-24(21)32-20-11-17(12-25-15-20)22-27-13-18(14-28-22)23(30)29-19-7-4-6-16(2)10-19/h5,8-9,11-16,19H,3-4,6-7,10H2,1-2H3,(H,29,30)/t16-,19-/m1/s1. The molecule has 4 rings (SSSR count). The molecule has 1 aliphatic carbocycles. The van der Waals surface area contributed by atoms with Crippen LogP contribution in [0.3, 0.4) is 0 Å². The number of carbonyl (C=O) groups excluding carboxylic acids is 1. The summed E-state index contributed by atoms with van der Waals surface area (Å²) in [5, 5.41) is 3.11. The smallest absolute Gasteiger partial charge is 0.262 e. The van der Waals surface area contributed by atoms with Gasteiger partial charge >= 0.3 is 0 Å². The van der Waals surface area contributed by atoms with Gasteiger partial charge in [-0.1, -0.05) is 19.8 Å². The minimum Gasteiger partial charge on any atom is -0.488 e. The van der Waals surface area contributed by atoms with E-state index < -0.39 is 0 Å². The van der Waals surface area contributed by atoms with Crippen molar-refractivity contribution in [1.82, 2.24) is 25.3 Å². The monoisotopic (exact) mass is 433 g/mol. The van der Waals surface area contributed by atoms with Crippen LogP contribution in [0.4, 0.5) is 0 Å². The number of hydrogen-bond acceptors (Lipinski definition) is 7. The Balaban J connectivity index is 1.45. The Kier molecular flexibility index (Phi) is 6.89. The predicted molar refractivity (Wildman–Crippen MR) is 120 cm³/mol. The molecule has 0 spiro atoms. The van der Waals surface area contributed by atoms with Gasteiger partial charge in [-0.25, -0.2) is 15.0 Å². The SMILES string of the molecule is CCOc1cccnc1Oc1cncc(-c2ncc(C(=O)N[C@@H]3CCC[C@@H](C)C3)cn2)c1. The summed E-state index contributed by atoms with van der Waals surface area (Å²) in [7, 11) is 0. The van der Waals surface area contributed by atoms with Crippen LogP contribution in [-0.4, -0.2) is 38.5 Å². The summed E-state index contributed by atoms with van der Waals surface area (Å²) in [6, 6.07) is 5.57. The lowest BCUT2D eigenvalue weighted by atomic mass is 9.87. The van der Waals surface area contributed by atoms with Crippen molar-refractivity contribution in [2.75, 3.05) is 6.61 Å². The van der Waals surface area contributed by atoms with Crippen molar-refractivity contribution in [2.24, 2.45) is 5.92 Å². The molecule has 1 aliphatic rings. The second kappa shape index (κ2) is 10.2. The van der Waals surface area contributed by atoms with Crippen LogP contribution >= 0.6 is 0 Å². The van der Waals surface area contributed by atoms with Gasteiger partial charge < -0.3 is 14.8 Å². The van der Waals surface area contributed by atoms with E-state index in [4.69, 9.17) is 9.47 Å². The maximum atomic E-state index is 12.6. The Morgan fingerprint density at radius 3 is 2.78 bits per heavy atom. The topological polar surface area (TPSA) is 99.1 Å². The second-order valence-corrected chi connectivity index (χ2v) is 7.99. The number of amides is 1. The summed E-state index contributed by atoms with van der Waals surface area (Å²) in [4.78, 5) is 29.7. The minimum absolute atomic E-state index is 0.135. The molecule has 32 heavy (non-hydrogen) atoms. The van der Waals surface area contributed by atoms with Crippen molar-refractivity contribution in [1.29, 1.82) is 0 Å². The Morgan fingerprint density at radius 2 is 2.00 bits per heavy atom. The molecule has 8 heteroatoms. The number of hydrogen-bond donors (Lipinski definition) is 1. The largest absolute Gasteiger partial charge is 0.488 e. The molecule has 1 amide bonds. The summed E-state index contributed by atoms with van der Waals surface area (Å²) < 4.78 is 11.4.